The number of hydrogen-bond donors (Lipinski definition) is 0. The van der Waals surface area contributed by atoms with Crippen molar-refractivity contribution in [2.75, 3.05) is 13.5 Å². The van der Waals surface area contributed by atoms with Crippen LogP contribution in [0.15, 0.2) is 54.7 Å². The van der Waals surface area contributed by atoms with Crippen molar-refractivity contribution >= 4 is 39.3 Å². The Morgan fingerprint density at radius 3 is 2.85 bits per heavy atom. The first-order valence-electron chi connectivity index (χ1n) is 11.3. The van der Waals surface area contributed by atoms with Gasteiger partial charge in [0.25, 0.3) is 0 Å². The Morgan fingerprint density at radius 1 is 1.19 bits per heavy atom. The lowest BCUT2D eigenvalue weighted by atomic mass is 10.0. The quantitative estimate of drug-likeness (QED) is 0.404. The molecule has 0 bridgehead atoms. The lowest BCUT2D eigenvalue weighted by Crippen LogP contribution is -2.39. The van der Waals surface area contributed by atoms with Crippen molar-refractivity contribution in [2.45, 2.75) is 31.8 Å². The van der Waals surface area contributed by atoms with Crippen LogP contribution < -0.4 is 0 Å². The van der Waals surface area contributed by atoms with Crippen LogP contribution in [0.5, 0.6) is 0 Å². The maximum Gasteiger partial charge on any atom is 0.196 e. The molecule has 3 aromatic rings. The van der Waals surface area contributed by atoms with E-state index in [1.807, 2.05) is 30.3 Å². The van der Waals surface area contributed by atoms with Crippen LogP contribution >= 0.6 is 22.6 Å². The van der Waals surface area contributed by atoms with Crippen LogP contribution in [-0.2, 0) is 6.50 Å². The van der Waals surface area contributed by atoms with Gasteiger partial charge in [0.2, 0.25) is 0 Å². The number of piperidine rings is 1. The number of halogens is 1. The highest BCUT2D eigenvalue weighted by Crippen LogP contribution is 2.27. The van der Waals surface area contributed by atoms with Crippen molar-refractivity contribution < 1.29 is 11.6 Å². The van der Waals surface area contributed by atoms with E-state index in [1.54, 1.807) is 24.4 Å². The molecule has 0 amide bonds. The summed E-state index contributed by atoms with van der Waals surface area (Å²) >= 11 is 2.12. The van der Waals surface area contributed by atoms with Crippen molar-refractivity contribution in [1.29, 1.82) is 0 Å². The number of fused-ring (bicyclic) bond motifs is 1. The molecule has 0 radical (unpaired) electrons. The summed E-state index contributed by atoms with van der Waals surface area (Å²) in [5, 5.41) is 0.660. The summed E-state index contributed by atoms with van der Waals surface area (Å²) in [6.07, 6.45) is 3.50. The zero-order valence-electron chi connectivity index (χ0n) is 19.3. The summed E-state index contributed by atoms with van der Waals surface area (Å²) in [7, 11) is 0. The van der Waals surface area contributed by atoms with Gasteiger partial charge in [-0.05, 0) is 67.2 Å². The number of aromatic nitrogens is 1. The molecule has 1 unspecified atom stereocenters. The van der Waals surface area contributed by atoms with E-state index in [0.717, 1.165) is 16.4 Å². The van der Waals surface area contributed by atoms with Gasteiger partial charge in [0.05, 0.1) is 2.74 Å². The molecular formula is C22H23IN2O. The average Bonchev–Trinajstić information content (AvgIpc) is 3.13. The first kappa shape index (κ1) is 12.7. The third kappa shape index (κ3) is 3.32. The highest BCUT2D eigenvalue weighted by Gasteiger charge is 2.22. The normalized spacial score (nSPS) is 22.2. The summed E-state index contributed by atoms with van der Waals surface area (Å²) in [5.74, 6) is -0.174. The van der Waals surface area contributed by atoms with E-state index in [1.165, 1.54) is 9.47 Å². The number of para-hydroxylation sites is 1. The second-order valence-corrected chi connectivity index (χ2v) is 7.74. The average molecular weight is 463 g/mol. The smallest absolute Gasteiger partial charge is 0.196 e. The van der Waals surface area contributed by atoms with E-state index >= 15 is 0 Å². The van der Waals surface area contributed by atoms with Crippen molar-refractivity contribution in [2.24, 2.45) is 0 Å². The molecule has 3 nitrogen and oxygen atoms in total. The minimum Gasteiger partial charge on any atom is -0.345 e. The summed E-state index contributed by atoms with van der Waals surface area (Å²) < 4.78 is 43.9. The molecule has 1 saturated heterocycles. The molecule has 2 aromatic carbocycles. The van der Waals surface area contributed by atoms with Gasteiger partial charge in [0, 0.05) is 48.4 Å². The van der Waals surface area contributed by atoms with Crippen LogP contribution in [0.2, 0.25) is 0 Å². The summed E-state index contributed by atoms with van der Waals surface area (Å²) in [6, 6.07) is 13.7. The predicted molar refractivity (Wildman–Crippen MR) is 115 cm³/mol. The van der Waals surface area contributed by atoms with Gasteiger partial charge in [0.15, 0.2) is 5.78 Å². The molecule has 2 heterocycles. The number of carbonyl (C=O) groups is 1. The molecule has 1 aromatic heterocycles. The number of likely N-dealkylation sites (tertiary alicyclic amines) is 1. The zero-order valence-corrected chi connectivity index (χ0v) is 16.4. The van der Waals surface area contributed by atoms with Crippen LogP contribution in [0, 0.1) is 3.57 Å². The molecule has 0 spiro atoms. The lowest BCUT2D eigenvalue weighted by molar-refractivity contribution is 0.103. The van der Waals surface area contributed by atoms with Crippen LogP contribution in [-0.4, -0.2) is 34.8 Å². The van der Waals surface area contributed by atoms with Gasteiger partial charge in [0.1, 0.15) is 0 Å². The molecule has 1 fully saturated rings. The predicted octanol–water partition coefficient (Wildman–Crippen LogP) is 4.96. The fourth-order valence-electron chi connectivity index (χ4n) is 3.48. The van der Waals surface area contributed by atoms with Gasteiger partial charge in [-0.1, -0.05) is 36.8 Å². The molecule has 1 aliphatic rings. The monoisotopic (exact) mass is 463 g/mol. The Balaban J connectivity index is 1.85. The van der Waals surface area contributed by atoms with Crippen LogP contribution in [0.1, 0.15) is 42.0 Å². The Hall–Kier alpha value is -1.66. The molecule has 0 N–H and O–H groups in total. The number of ketones is 1. The molecule has 26 heavy (non-hydrogen) atoms. The van der Waals surface area contributed by atoms with Crippen LogP contribution in [0.3, 0.4) is 0 Å². The van der Waals surface area contributed by atoms with Gasteiger partial charge >= 0.3 is 0 Å². The number of rotatable bonds is 4. The van der Waals surface area contributed by atoms with Crippen molar-refractivity contribution in [1.82, 2.24) is 9.47 Å². The van der Waals surface area contributed by atoms with Crippen LogP contribution in [0.25, 0.3) is 10.9 Å². The van der Waals surface area contributed by atoms with Gasteiger partial charge in [-0.25, -0.2) is 0 Å². The van der Waals surface area contributed by atoms with E-state index in [-0.39, 0.29) is 5.78 Å². The largest absolute Gasteiger partial charge is 0.345 e. The third-order valence-electron chi connectivity index (χ3n) is 4.87. The first-order chi connectivity index (χ1) is 14.6. The maximum atomic E-state index is 13.4. The standard InChI is InChI=1S/C22H23IN2O/c1-24-13-7-6-8-16(24)14-25-15-19(17-9-3-5-12-21(17)25)22(26)18-10-2-4-11-20(18)23/h2-5,9-12,15-16H,6-8,13-14H2,1H3/i1D3,14D2. The molecule has 4 heteroatoms. The maximum absolute atomic E-state index is 13.4. The molecule has 0 aliphatic carbocycles. The van der Waals surface area contributed by atoms with Crippen molar-refractivity contribution in [3.63, 3.8) is 0 Å². The van der Waals surface area contributed by atoms with Gasteiger partial charge in [-0.3, -0.25) is 4.79 Å². The lowest BCUT2D eigenvalue weighted by Gasteiger charge is -2.32. The zero-order chi connectivity index (χ0) is 22.4. The van der Waals surface area contributed by atoms with Crippen molar-refractivity contribution in [3.05, 3.63) is 69.4 Å². The molecule has 134 valence electrons. The highest BCUT2D eigenvalue weighted by atomic mass is 127. The number of likely N-dealkylation sites (N-methyl/N-ethyl adjacent to an activating group) is 1. The molecule has 0 saturated carbocycles. The van der Waals surface area contributed by atoms with E-state index in [2.05, 4.69) is 22.6 Å². The minimum atomic E-state index is -2.37. The van der Waals surface area contributed by atoms with Crippen LogP contribution in [0.4, 0.5) is 0 Å². The van der Waals surface area contributed by atoms with E-state index in [0.29, 0.717) is 35.0 Å². The second-order valence-electron chi connectivity index (χ2n) is 6.57. The number of benzene rings is 2. The Kier molecular flexibility index (Phi) is 3.67. The van der Waals surface area contributed by atoms with E-state index < -0.39 is 19.5 Å². The summed E-state index contributed by atoms with van der Waals surface area (Å²) in [5.41, 5.74) is 1.56. The highest BCUT2D eigenvalue weighted by molar-refractivity contribution is 14.1. The molecule has 1 atom stereocenters. The topological polar surface area (TPSA) is 25.2 Å². The minimum absolute atomic E-state index is 0.174. The SMILES string of the molecule is [2H]C([2H])([2H])N1CCCCC1C([2H])([2H])n1cc(C(=O)c2ccccc2I)c2ccccc21. The summed E-state index contributed by atoms with van der Waals surface area (Å²) in [4.78, 5) is 14.7. The second kappa shape index (κ2) is 7.53. The number of carbonyl (C=O) groups excluding carboxylic acids is 1. The first-order valence-corrected chi connectivity index (χ1v) is 9.87. The van der Waals surface area contributed by atoms with Gasteiger partial charge in [-0.2, -0.15) is 0 Å². The van der Waals surface area contributed by atoms with Gasteiger partial charge in [-0.15, -0.1) is 0 Å². The molecule has 1 aliphatic heterocycles. The van der Waals surface area contributed by atoms with Crippen molar-refractivity contribution in [3.8, 4) is 0 Å². The fourth-order valence-corrected chi connectivity index (χ4v) is 4.12. The Bertz CT molecular complexity index is 1120. The number of nitrogens with zero attached hydrogens (tertiary/aromatic N) is 2. The number of hydrogen-bond acceptors (Lipinski definition) is 2. The molecular weight excluding hydrogens is 435 g/mol. The van der Waals surface area contributed by atoms with E-state index in [9.17, 15) is 4.79 Å². The fraction of sp³-hybridized carbons (Fsp3) is 0.318. The van der Waals surface area contributed by atoms with Gasteiger partial charge < -0.3 is 9.47 Å². The third-order valence-corrected chi connectivity index (χ3v) is 5.81. The Labute approximate surface area is 175 Å². The summed E-state index contributed by atoms with van der Waals surface area (Å²) in [6.45, 7) is -4.05. The Morgan fingerprint density at radius 2 is 2.00 bits per heavy atom. The van der Waals surface area contributed by atoms with E-state index in [4.69, 9.17) is 6.85 Å². The molecule has 4 rings (SSSR count).